The van der Waals surface area contributed by atoms with Crippen molar-refractivity contribution >= 4 is 17.2 Å². The van der Waals surface area contributed by atoms with Gasteiger partial charge in [-0.1, -0.05) is 43.4 Å². The second-order valence-electron chi connectivity index (χ2n) is 6.33. The Balaban J connectivity index is 1.81. The lowest BCUT2D eigenvalue weighted by molar-refractivity contribution is -0.0840. The van der Waals surface area contributed by atoms with Crippen LogP contribution in [0.25, 0.3) is 0 Å². The van der Waals surface area contributed by atoms with Crippen molar-refractivity contribution in [2.24, 2.45) is 5.92 Å². The van der Waals surface area contributed by atoms with E-state index in [1.165, 1.54) is 11.1 Å². The number of rotatable bonds is 0. The molecule has 2 aliphatic heterocycles. The number of nitrogens with zero attached hydrogens (tertiary/aromatic N) is 1. The van der Waals surface area contributed by atoms with Crippen molar-refractivity contribution in [2.45, 2.75) is 51.0 Å². The second kappa shape index (κ2) is 3.80. The summed E-state index contributed by atoms with van der Waals surface area (Å²) in [6, 6.07) is 9.07. The fourth-order valence-corrected chi connectivity index (χ4v) is 4.45. The van der Waals surface area contributed by atoms with Gasteiger partial charge in [-0.25, -0.2) is 0 Å². The van der Waals surface area contributed by atoms with Crippen LogP contribution in [0.5, 0.6) is 0 Å². The highest BCUT2D eigenvalue weighted by Crippen LogP contribution is 2.52. The normalized spacial score (nSPS) is 40.0. The zero-order valence-electron chi connectivity index (χ0n) is 11.4. The van der Waals surface area contributed by atoms with Gasteiger partial charge in [-0.05, 0) is 30.9 Å². The smallest absolute Gasteiger partial charge is 0.139 e. The summed E-state index contributed by atoms with van der Waals surface area (Å²) >= 11 is 5.74. The summed E-state index contributed by atoms with van der Waals surface area (Å²) in [6.07, 6.45) is 3.55. The zero-order valence-corrected chi connectivity index (χ0v) is 12.2. The number of hydrogen-bond donors (Lipinski definition) is 0. The van der Waals surface area contributed by atoms with Gasteiger partial charge in [0.05, 0.1) is 17.1 Å². The van der Waals surface area contributed by atoms with Crippen LogP contribution in [0.2, 0.25) is 0 Å². The molecule has 2 saturated heterocycles. The molecule has 4 atom stereocenters. The minimum atomic E-state index is -0.174. The van der Waals surface area contributed by atoms with Crippen molar-refractivity contribution < 1.29 is 4.74 Å². The average molecular weight is 273 g/mol. The minimum absolute atomic E-state index is 0.174. The zero-order chi connectivity index (χ0) is 13.2. The first-order chi connectivity index (χ1) is 9.10. The largest absolute Gasteiger partial charge is 0.350 e. The summed E-state index contributed by atoms with van der Waals surface area (Å²) in [5, 5.41) is 0. The topological polar surface area (TPSA) is 12.5 Å². The van der Waals surface area contributed by atoms with Gasteiger partial charge in [0, 0.05) is 12.3 Å². The molecule has 1 aromatic rings. The van der Waals surface area contributed by atoms with E-state index in [0.717, 1.165) is 24.3 Å². The average Bonchev–Trinajstić information content (AvgIpc) is 2.86. The van der Waals surface area contributed by atoms with Gasteiger partial charge in [-0.2, -0.15) is 0 Å². The summed E-state index contributed by atoms with van der Waals surface area (Å²) in [5.74, 6) is 0.498. The molecule has 1 aliphatic carbocycles. The Morgan fingerprint density at radius 3 is 3.00 bits per heavy atom. The molecule has 2 nitrogen and oxygen atoms in total. The van der Waals surface area contributed by atoms with Crippen molar-refractivity contribution in [2.75, 3.05) is 0 Å². The van der Waals surface area contributed by atoms with E-state index in [2.05, 4.69) is 43.0 Å². The Morgan fingerprint density at radius 1 is 1.37 bits per heavy atom. The fourth-order valence-electron chi connectivity index (χ4n) is 4.02. The Morgan fingerprint density at radius 2 is 2.16 bits per heavy atom. The summed E-state index contributed by atoms with van der Waals surface area (Å²) in [6.45, 7) is 4.46. The molecule has 0 radical (unpaired) electrons. The predicted molar refractivity (Wildman–Crippen MR) is 79.0 cm³/mol. The lowest BCUT2D eigenvalue weighted by Crippen LogP contribution is -2.52. The van der Waals surface area contributed by atoms with E-state index >= 15 is 0 Å². The molecule has 1 unspecified atom stereocenters. The highest BCUT2D eigenvalue weighted by molar-refractivity contribution is 7.80. The minimum Gasteiger partial charge on any atom is -0.350 e. The molecule has 0 N–H and O–H groups in total. The summed E-state index contributed by atoms with van der Waals surface area (Å²) in [5.41, 5.74) is 2.68. The lowest BCUT2D eigenvalue weighted by atomic mass is 9.91. The third kappa shape index (κ3) is 1.49. The molecule has 0 amide bonds. The molecule has 0 aromatic heterocycles. The third-order valence-corrected chi connectivity index (χ3v) is 5.64. The Hall–Kier alpha value is -0.930. The predicted octanol–water partition coefficient (Wildman–Crippen LogP) is 3.46. The highest BCUT2D eigenvalue weighted by Gasteiger charge is 2.56. The first-order valence-electron chi connectivity index (χ1n) is 7.19. The maximum atomic E-state index is 6.42. The standard InChI is InChI=1S/C16H19NOS/c1-10-7-8-16(2)17(15(10)19)14-12-6-4-3-5-11(12)9-13(14)18-16/h3-6,10,13-14H,7-9H2,1-2H3/t10?,13-,14+,16-/m0/s1. The van der Waals surface area contributed by atoms with Crippen LogP contribution in [0.15, 0.2) is 24.3 Å². The van der Waals surface area contributed by atoms with Gasteiger partial charge in [0.25, 0.3) is 0 Å². The van der Waals surface area contributed by atoms with Crippen LogP contribution in [0, 0.1) is 5.92 Å². The molecule has 0 spiro atoms. The molecule has 3 heteroatoms. The molecule has 19 heavy (non-hydrogen) atoms. The molecule has 1 aromatic carbocycles. The Bertz CT molecular complexity index is 557. The van der Waals surface area contributed by atoms with Crippen LogP contribution in [0.1, 0.15) is 43.9 Å². The summed E-state index contributed by atoms with van der Waals surface area (Å²) in [7, 11) is 0. The molecule has 0 saturated carbocycles. The van der Waals surface area contributed by atoms with E-state index < -0.39 is 0 Å². The molecule has 100 valence electrons. The van der Waals surface area contributed by atoms with Crippen LogP contribution in [-0.2, 0) is 11.2 Å². The number of hydrogen-bond acceptors (Lipinski definition) is 2. The van der Waals surface area contributed by atoms with Crippen LogP contribution >= 0.6 is 12.2 Å². The summed E-state index contributed by atoms with van der Waals surface area (Å²) < 4.78 is 6.42. The van der Waals surface area contributed by atoms with E-state index in [4.69, 9.17) is 17.0 Å². The Kier molecular flexibility index (Phi) is 2.37. The molecule has 0 bridgehead atoms. The van der Waals surface area contributed by atoms with Gasteiger partial charge in [0.2, 0.25) is 0 Å². The highest BCUT2D eigenvalue weighted by atomic mass is 32.1. The molecular weight excluding hydrogens is 254 g/mol. The first kappa shape index (κ1) is 11.9. The van der Waals surface area contributed by atoms with Crippen molar-refractivity contribution in [3.05, 3.63) is 35.4 Å². The monoisotopic (exact) mass is 273 g/mol. The molecule has 2 fully saturated rings. The van der Waals surface area contributed by atoms with Gasteiger partial charge in [-0.15, -0.1) is 0 Å². The fraction of sp³-hybridized carbons (Fsp3) is 0.562. The Labute approximate surface area is 119 Å². The van der Waals surface area contributed by atoms with Gasteiger partial charge < -0.3 is 9.64 Å². The van der Waals surface area contributed by atoms with Crippen molar-refractivity contribution in [1.29, 1.82) is 0 Å². The lowest BCUT2D eigenvalue weighted by Gasteiger charge is -2.44. The van der Waals surface area contributed by atoms with E-state index in [-0.39, 0.29) is 11.8 Å². The quantitative estimate of drug-likeness (QED) is 0.672. The van der Waals surface area contributed by atoms with Gasteiger partial charge >= 0.3 is 0 Å². The molecule has 2 heterocycles. The van der Waals surface area contributed by atoms with Crippen molar-refractivity contribution in [3.63, 3.8) is 0 Å². The number of fused-ring (bicyclic) bond motifs is 5. The number of benzene rings is 1. The van der Waals surface area contributed by atoms with Gasteiger partial charge in [0.1, 0.15) is 5.72 Å². The number of ether oxygens (including phenoxy) is 1. The molecule has 4 rings (SSSR count). The maximum Gasteiger partial charge on any atom is 0.139 e. The van der Waals surface area contributed by atoms with E-state index in [1.807, 2.05) is 0 Å². The second-order valence-corrected chi connectivity index (χ2v) is 6.75. The van der Waals surface area contributed by atoms with Crippen LogP contribution < -0.4 is 0 Å². The van der Waals surface area contributed by atoms with Gasteiger partial charge in [-0.3, -0.25) is 0 Å². The first-order valence-corrected chi connectivity index (χ1v) is 7.60. The third-order valence-electron chi connectivity index (χ3n) is 5.04. The van der Waals surface area contributed by atoms with Crippen molar-refractivity contribution in [1.82, 2.24) is 4.90 Å². The molecular formula is C16H19NOS. The van der Waals surface area contributed by atoms with E-state index in [9.17, 15) is 0 Å². The van der Waals surface area contributed by atoms with Crippen molar-refractivity contribution in [3.8, 4) is 0 Å². The van der Waals surface area contributed by atoms with Crippen LogP contribution in [0.3, 0.4) is 0 Å². The van der Waals surface area contributed by atoms with Crippen LogP contribution in [0.4, 0.5) is 0 Å². The SMILES string of the molecule is CC1CC[C@]2(C)O[C@H]3Cc4ccccc4[C@H]3N2C1=S. The number of piperidine rings is 1. The molecule has 3 aliphatic rings. The van der Waals surface area contributed by atoms with Crippen LogP contribution in [-0.4, -0.2) is 21.7 Å². The van der Waals surface area contributed by atoms with E-state index in [0.29, 0.717) is 12.0 Å². The van der Waals surface area contributed by atoms with Gasteiger partial charge in [0.15, 0.2) is 0 Å². The van der Waals surface area contributed by atoms with E-state index in [1.54, 1.807) is 0 Å². The summed E-state index contributed by atoms with van der Waals surface area (Å²) in [4.78, 5) is 3.51. The number of thiocarbonyl (C=S) groups is 1. The maximum absolute atomic E-state index is 6.42.